The van der Waals surface area contributed by atoms with Crippen LogP contribution < -0.4 is 5.32 Å². The molecule has 1 N–H and O–H groups in total. The van der Waals surface area contributed by atoms with Gasteiger partial charge >= 0.3 is 0 Å². The summed E-state index contributed by atoms with van der Waals surface area (Å²) in [5, 5.41) is 6.11. The normalized spacial score (nSPS) is 26.3. The molecule has 1 fully saturated rings. The van der Waals surface area contributed by atoms with Crippen LogP contribution in [0.5, 0.6) is 0 Å². The smallest absolute Gasteiger partial charge is 0.0474 e. The minimum atomic E-state index is 0.392. The van der Waals surface area contributed by atoms with E-state index in [4.69, 9.17) is 0 Å². The summed E-state index contributed by atoms with van der Waals surface area (Å²) in [6, 6.07) is 2.89. The van der Waals surface area contributed by atoms with Gasteiger partial charge in [0, 0.05) is 15.7 Å². The second-order valence-corrected chi connectivity index (χ2v) is 7.89. The standard InChI is InChI=1S/C14H23NS2/c1-4-7-15-13(12-9-11(2)16-10-12)14(3)6-5-8-17-14/h9-10,13,15H,4-8H2,1-3H3. The SMILES string of the molecule is CCCNC(c1csc(C)c1)C1(C)CCCS1. The molecule has 0 spiro atoms. The summed E-state index contributed by atoms with van der Waals surface area (Å²) in [6.45, 7) is 8.00. The van der Waals surface area contributed by atoms with Crippen molar-refractivity contribution in [2.45, 2.75) is 50.8 Å². The Kier molecular flexibility index (Phi) is 4.56. The van der Waals surface area contributed by atoms with Crippen molar-refractivity contribution in [3.8, 4) is 0 Å². The molecule has 2 heterocycles. The topological polar surface area (TPSA) is 12.0 Å². The highest BCUT2D eigenvalue weighted by atomic mass is 32.2. The summed E-state index contributed by atoms with van der Waals surface area (Å²) in [5.41, 5.74) is 1.50. The van der Waals surface area contributed by atoms with Crippen LogP contribution in [0.25, 0.3) is 0 Å². The second-order valence-electron chi connectivity index (χ2n) is 5.14. The predicted molar refractivity (Wildman–Crippen MR) is 80.2 cm³/mol. The highest BCUT2D eigenvalue weighted by molar-refractivity contribution is 8.00. The van der Waals surface area contributed by atoms with Gasteiger partial charge in [0.1, 0.15) is 0 Å². The largest absolute Gasteiger partial charge is 0.309 e. The van der Waals surface area contributed by atoms with Crippen LogP contribution in [0.3, 0.4) is 0 Å². The van der Waals surface area contributed by atoms with Gasteiger partial charge in [0.15, 0.2) is 0 Å². The number of rotatable bonds is 5. The predicted octanol–water partition coefficient (Wildman–Crippen LogP) is 4.38. The molecule has 0 radical (unpaired) electrons. The first-order valence-electron chi connectivity index (χ1n) is 6.58. The Labute approximate surface area is 113 Å². The lowest BCUT2D eigenvalue weighted by Crippen LogP contribution is -2.37. The van der Waals surface area contributed by atoms with E-state index in [2.05, 4.69) is 49.3 Å². The molecule has 2 unspecified atom stereocenters. The van der Waals surface area contributed by atoms with E-state index in [-0.39, 0.29) is 0 Å². The molecule has 3 heteroatoms. The molecule has 17 heavy (non-hydrogen) atoms. The van der Waals surface area contributed by atoms with Crippen LogP contribution in [0.4, 0.5) is 0 Å². The number of hydrogen-bond donors (Lipinski definition) is 1. The fourth-order valence-electron chi connectivity index (χ4n) is 2.62. The molecule has 2 atom stereocenters. The van der Waals surface area contributed by atoms with Crippen molar-refractivity contribution in [1.82, 2.24) is 5.32 Å². The van der Waals surface area contributed by atoms with E-state index in [1.165, 1.54) is 35.5 Å². The van der Waals surface area contributed by atoms with Crippen LogP contribution in [0, 0.1) is 6.92 Å². The molecule has 0 aromatic carbocycles. The maximum Gasteiger partial charge on any atom is 0.0474 e. The van der Waals surface area contributed by atoms with Gasteiger partial charge in [-0.2, -0.15) is 11.8 Å². The average molecular weight is 269 g/mol. The van der Waals surface area contributed by atoms with Gasteiger partial charge < -0.3 is 5.32 Å². The zero-order chi connectivity index (χ0) is 12.3. The van der Waals surface area contributed by atoms with Crippen LogP contribution in [0.15, 0.2) is 11.4 Å². The number of hydrogen-bond acceptors (Lipinski definition) is 3. The fourth-order valence-corrected chi connectivity index (χ4v) is 4.78. The van der Waals surface area contributed by atoms with E-state index >= 15 is 0 Å². The third-order valence-electron chi connectivity index (χ3n) is 3.54. The van der Waals surface area contributed by atoms with Gasteiger partial charge in [-0.05, 0) is 62.4 Å². The van der Waals surface area contributed by atoms with E-state index in [0.29, 0.717) is 10.8 Å². The van der Waals surface area contributed by atoms with E-state index in [9.17, 15) is 0 Å². The summed E-state index contributed by atoms with van der Waals surface area (Å²) < 4.78 is 0.392. The Bertz CT molecular complexity index is 353. The van der Waals surface area contributed by atoms with E-state index in [0.717, 1.165) is 6.54 Å². The van der Waals surface area contributed by atoms with Crippen molar-refractivity contribution in [2.24, 2.45) is 0 Å². The molecule has 1 saturated heterocycles. The Morgan fingerprint density at radius 1 is 1.53 bits per heavy atom. The molecule has 2 rings (SSSR count). The third kappa shape index (κ3) is 3.07. The maximum absolute atomic E-state index is 3.77. The third-order valence-corrected chi connectivity index (χ3v) is 6.01. The highest BCUT2D eigenvalue weighted by Gasteiger charge is 2.38. The van der Waals surface area contributed by atoms with E-state index in [1.54, 1.807) is 0 Å². The molecule has 1 aromatic heterocycles. The van der Waals surface area contributed by atoms with Crippen molar-refractivity contribution >= 4 is 23.1 Å². The van der Waals surface area contributed by atoms with E-state index < -0.39 is 0 Å². The molecule has 0 bridgehead atoms. The first kappa shape index (κ1) is 13.4. The molecule has 1 aliphatic heterocycles. The Morgan fingerprint density at radius 3 is 2.88 bits per heavy atom. The summed E-state index contributed by atoms with van der Waals surface area (Å²) in [5.74, 6) is 1.32. The number of nitrogens with one attached hydrogen (secondary N) is 1. The lowest BCUT2D eigenvalue weighted by molar-refractivity contribution is 0.414. The molecule has 1 aromatic rings. The van der Waals surface area contributed by atoms with Crippen molar-refractivity contribution in [3.05, 3.63) is 21.9 Å². The molecule has 0 amide bonds. The van der Waals surface area contributed by atoms with Gasteiger partial charge in [-0.1, -0.05) is 6.92 Å². The van der Waals surface area contributed by atoms with Crippen molar-refractivity contribution in [1.29, 1.82) is 0 Å². The quantitative estimate of drug-likeness (QED) is 0.851. The van der Waals surface area contributed by atoms with Crippen molar-refractivity contribution in [2.75, 3.05) is 12.3 Å². The minimum absolute atomic E-state index is 0.392. The molecule has 0 aliphatic carbocycles. The summed E-state index contributed by atoms with van der Waals surface area (Å²) in [6.07, 6.45) is 3.92. The molecular formula is C14H23NS2. The molecular weight excluding hydrogens is 246 g/mol. The fraction of sp³-hybridized carbons (Fsp3) is 0.714. The Balaban J connectivity index is 2.18. The van der Waals surface area contributed by atoms with Gasteiger partial charge in [0.05, 0.1) is 0 Å². The van der Waals surface area contributed by atoms with Crippen LogP contribution in [0.2, 0.25) is 0 Å². The van der Waals surface area contributed by atoms with Gasteiger partial charge in [-0.3, -0.25) is 0 Å². The lowest BCUT2D eigenvalue weighted by Gasteiger charge is -2.34. The average Bonchev–Trinajstić information content (AvgIpc) is 2.89. The number of thioether (sulfide) groups is 1. The van der Waals surface area contributed by atoms with Gasteiger partial charge in [0.2, 0.25) is 0 Å². The highest BCUT2D eigenvalue weighted by Crippen LogP contribution is 2.47. The van der Waals surface area contributed by atoms with Gasteiger partial charge in [-0.25, -0.2) is 0 Å². The molecule has 1 nitrogen and oxygen atoms in total. The van der Waals surface area contributed by atoms with Crippen LogP contribution >= 0.6 is 23.1 Å². The summed E-state index contributed by atoms with van der Waals surface area (Å²) in [4.78, 5) is 1.43. The van der Waals surface area contributed by atoms with Crippen LogP contribution in [0.1, 0.15) is 49.6 Å². The zero-order valence-corrected chi connectivity index (χ0v) is 12.7. The first-order chi connectivity index (χ1) is 8.15. The van der Waals surface area contributed by atoms with Gasteiger partial charge in [-0.15, -0.1) is 11.3 Å². The molecule has 1 aliphatic rings. The molecule has 96 valence electrons. The maximum atomic E-state index is 3.77. The number of thiophene rings is 1. The summed E-state index contributed by atoms with van der Waals surface area (Å²) in [7, 11) is 0. The number of aryl methyl sites for hydroxylation is 1. The molecule has 0 saturated carbocycles. The van der Waals surface area contributed by atoms with E-state index in [1.807, 2.05) is 11.3 Å². The summed E-state index contributed by atoms with van der Waals surface area (Å²) >= 11 is 4.02. The van der Waals surface area contributed by atoms with Gasteiger partial charge in [0.25, 0.3) is 0 Å². The van der Waals surface area contributed by atoms with Crippen molar-refractivity contribution in [3.63, 3.8) is 0 Å². The van der Waals surface area contributed by atoms with Crippen LogP contribution in [-0.2, 0) is 0 Å². The zero-order valence-electron chi connectivity index (χ0n) is 11.1. The first-order valence-corrected chi connectivity index (χ1v) is 8.44. The van der Waals surface area contributed by atoms with Crippen LogP contribution in [-0.4, -0.2) is 17.0 Å². The minimum Gasteiger partial charge on any atom is -0.309 e. The van der Waals surface area contributed by atoms with Crippen molar-refractivity contribution < 1.29 is 0 Å². The lowest BCUT2D eigenvalue weighted by atomic mass is 9.91. The Hall–Kier alpha value is 0.01000. The second kappa shape index (κ2) is 5.77. The monoisotopic (exact) mass is 269 g/mol. The Morgan fingerprint density at radius 2 is 2.35 bits per heavy atom.